The predicted octanol–water partition coefficient (Wildman–Crippen LogP) is 4.42. The molecule has 7 heteroatoms. The highest BCUT2D eigenvalue weighted by molar-refractivity contribution is 7.18. The molecule has 3 aromatic rings. The highest BCUT2D eigenvalue weighted by Crippen LogP contribution is 2.36. The van der Waals surface area contributed by atoms with Gasteiger partial charge in [-0.1, -0.05) is 0 Å². The lowest BCUT2D eigenvalue weighted by Gasteiger charge is -2.36. The number of hydrogen-bond donors (Lipinski definition) is 0. The second-order valence-corrected chi connectivity index (χ2v) is 11.0. The number of fused-ring (bicyclic) bond motifs is 3. The van der Waals surface area contributed by atoms with Crippen LogP contribution in [-0.4, -0.2) is 52.9 Å². The third kappa shape index (κ3) is 4.22. The predicted molar refractivity (Wildman–Crippen MR) is 131 cm³/mol. The van der Waals surface area contributed by atoms with E-state index >= 15 is 0 Å². The van der Waals surface area contributed by atoms with E-state index in [0.717, 1.165) is 67.0 Å². The first-order chi connectivity index (χ1) is 16.1. The monoisotopic (exact) mass is 465 g/mol. The highest BCUT2D eigenvalue weighted by atomic mass is 32.1. The van der Waals surface area contributed by atoms with Gasteiger partial charge in [-0.15, -0.1) is 11.3 Å². The first-order valence-electron chi connectivity index (χ1n) is 12.2. The molecule has 6 rings (SSSR count). The van der Waals surface area contributed by atoms with Crippen molar-refractivity contribution in [2.45, 2.75) is 63.1 Å². The topological polar surface area (TPSA) is 56.6 Å². The van der Waals surface area contributed by atoms with Gasteiger partial charge in [-0.3, -0.25) is 9.36 Å². The SMILES string of the molecule is CN1[C@@H]2CC[C@H]1C[C@H](Oc1ccc(-n3cnc4cc(CC5CCOCC5)sc4c3=O)cc1)C2. The van der Waals surface area contributed by atoms with Crippen molar-refractivity contribution in [1.29, 1.82) is 0 Å². The molecule has 5 heterocycles. The third-order valence-electron chi connectivity index (χ3n) is 7.79. The van der Waals surface area contributed by atoms with Gasteiger partial charge in [0.05, 0.1) is 11.2 Å². The van der Waals surface area contributed by atoms with Gasteiger partial charge < -0.3 is 14.4 Å². The van der Waals surface area contributed by atoms with Gasteiger partial charge in [0, 0.05) is 30.2 Å². The summed E-state index contributed by atoms with van der Waals surface area (Å²) >= 11 is 1.59. The van der Waals surface area contributed by atoms with Crippen LogP contribution >= 0.6 is 11.3 Å². The molecule has 3 aliphatic heterocycles. The molecule has 0 amide bonds. The molecule has 3 saturated heterocycles. The number of hydrogen-bond acceptors (Lipinski definition) is 6. The van der Waals surface area contributed by atoms with Gasteiger partial charge in [0.2, 0.25) is 0 Å². The summed E-state index contributed by atoms with van der Waals surface area (Å²) in [7, 11) is 2.25. The fourth-order valence-electron chi connectivity index (χ4n) is 5.82. The second kappa shape index (κ2) is 8.85. The fraction of sp³-hybridized carbons (Fsp3) is 0.538. The minimum Gasteiger partial charge on any atom is -0.490 e. The lowest BCUT2D eigenvalue weighted by molar-refractivity contribution is 0.0661. The van der Waals surface area contributed by atoms with E-state index in [4.69, 9.17) is 9.47 Å². The van der Waals surface area contributed by atoms with Crippen LogP contribution in [0.25, 0.3) is 15.9 Å². The Morgan fingerprint density at radius 1 is 1.09 bits per heavy atom. The molecule has 0 aliphatic carbocycles. The third-order valence-corrected chi connectivity index (χ3v) is 8.93. The molecule has 2 bridgehead atoms. The minimum atomic E-state index is 0.00351. The Balaban J connectivity index is 1.18. The first-order valence-corrected chi connectivity index (χ1v) is 13.0. The molecule has 174 valence electrons. The van der Waals surface area contributed by atoms with E-state index in [-0.39, 0.29) is 11.7 Å². The largest absolute Gasteiger partial charge is 0.490 e. The van der Waals surface area contributed by atoms with Crippen molar-refractivity contribution in [2.24, 2.45) is 5.92 Å². The molecular weight excluding hydrogens is 434 g/mol. The van der Waals surface area contributed by atoms with Gasteiger partial charge in [0.25, 0.3) is 5.56 Å². The summed E-state index contributed by atoms with van der Waals surface area (Å²) in [6.07, 6.45) is 9.92. The number of thiophene rings is 1. The van der Waals surface area contributed by atoms with Gasteiger partial charge in [-0.2, -0.15) is 0 Å². The lowest BCUT2D eigenvalue weighted by atomic mass is 9.96. The van der Waals surface area contributed by atoms with Crippen molar-refractivity contribution in [1.82, 2.24) is 14.5 Å². The summed E-state index contributed by atoms with van der Waals surface area (Å²) < 4.78 is 14.2. The summed E-state index contributed by atoms with van der Waals surface area (Å²) in [6.45, 7) is 1.69. The number of rotatable bonds is 5. The summed E-state index contributed by atoms with van der Waals surface area (Å²) in [6, 6.07) is 11.3. The van der Waals surface area contributed by atoms with E-state index in [0.29, 0.717) is 18.0 Å². The standard InChI is InChI=1S/C26H31N3O3S/c1-28-19-2-3-20(28)14-22(13-19)32-21-6-4-18(5-7-21)29-16-27-24-15-23(33-25(24)26(29)30)12-17-8-10-31-11-9-17/h4-7,15-17,19-20,22H,2-3,8-14H2,1H3/t19-,20+,22-. The maximum Gasteiger partial charge on any atom is 0.275 e. The first kappa shape index (κ1) is 21.3. The Bertz CT molecular complexity index is 1170. The van der Waals surface area contributed by atoms with Crippen molar-refractivity contribution >= 4 is 21.6 Å². The molecule has 6 nitrogen and oxygen atoms in total. The van der Waals surface area contributed by atoms with Crippen LogP contribution in [0.15, 0.2) is 41.5 Å². The Morgan fingerprint density at radius 2 is 1.82 bits per heavy atom. The number of piperidine rings is 1. The molecule has 33 heavy (non-hydrogen) atoms. The minimum absolute atomic E-state index is 0.00351. The van der Waals surface area contributed by atoms with Crippen LogP contribution in [0.2, 0.25) is 0 Å². The Hall–Kier alpha value is -2.22. The van der Waals surface area contributed by atoms with Crippen LogP contribution in [0.4, 0.5) is 0 Å². The molecule has 3 fully saturated rings. The van der Waals surface area contributed by atoms with Crippen molar-refractivity contribution in [2.75, 3.05) is 20.3 Å². The van der Waals surface area contributed by atoms with Gasteiger partial charge in [0.15, 0.2) is 0 Å². The molecule has 0 unspecified atom stereocenters. The Morgan fingerprint density at radius 3 is 2.55 bits per heavy atom. The summed E-state index contributed by atoms with van der Waals surface area (Å²) in [5, 5.41) is 0. The van der Waals surface area contributed by atoms with E-state index in [2.05, 4.69) is 23.0 Å². The number of nitrogens with zero attached hydrogens (tertiary/aromatic N) is 3. The molecule has 0 spiro atoms. The zero-order valence-electron chi connectivity index (χ0n) is 19.1. The van der Waals surface area contributed by atoms with Gasteiger partial charge in [-0.05, 0) is 88.2 Å². The van der Waals surface area contributed by atoms with Crippen molar-refractivity contribution in [3.05, 3.63) is 51.9 Å². The number of ether oxygens (including phenoxy) is 2. The fourth-order valence-corrected chi connectivity index (χ4v) is 6.97. The van der Waals surface area contributed by atoms with E-state index in [1.165, 1.54) is 17.7 Å². The molecule has 1 aromatic carbocycles. The molecule has 3 aliphatic rings. The van der Waals surface area contributed by atoms with Gasteiger partial charge in [0.1, 0.15) is 22.9 Å². The summed E-state index contributed by atoms with van der Waals surface area (Å²) in [4.78, 5) is 21.6. The van der Waals surface area contributed by atoms with Crippen molar-refractivity contribution in [3.8, 4) is 11.4 Å². The van der Waals surface area contributed by atoms with Crippen LogP contribution in [-0.2, 0) is 11.2 Å². The van der Waals surface area contributed by atoms with E-state index in [1.807, 2.05) is 24.3 Å². The molecule has 3 atom stereocenters. The van der Waals surface area contributed by atoms with Crippen LogP contribution in [0, 0.1) is 5.92 Å². The van der Waals surface area contributed by atoms with Crippen molar-refractivity contribution < 1.29 is 9.47 Å². The molecule has 0 N–H and O–H groups in total. The van der Waals surface area contributed by atoms with E-state index in [1.54, 1.807) is 22.2 Å². The van der Waals surface area contributed by atoms with Gasteiger partial charge in [-0.25, -0.2) is 4.98 Å². The summed E-state index contributed by atoms with van der Waals surface area (Å²) in [5.41, 5.74) is 1.63. The molecule has 0 saturated carbocycles. The maximum absolute atomic E-state index is 13.2. The van der Waals surface area contributed by atoms with E-state index < -0.39 is 0 Å². The van der Waals surface area contributed by atoms with E-state index in [9.17, 15) is 4.79 Å². The molecular formula is C26H31N3O3S. The molecule has 2 aromatic heterocycles. The second-order valence-electron chi connectivity index (χ2n) is 9.86. The van der Waals surface area contributed by atoms with Crippen LogP contribution in [0.1, 0.15) is 43.4 Å². The smallest absolute Gasteiger partial charge is 0.275 e. The maximum atomic E-state index is 13.2. The summed E-state index contributed by atoms with van der Waals surface area (Å²) in [5.74, 6) is 1.52. The zero-order valence-corrected chi connectivity index (χ0v) is 19.9. The Labute approximate surface area is 198 Å². The quantitative estimate of drug-likeness (QED) is 0.558. The van der Waals surface area contributed by atoms with Crippen LogP contribution < -0.4 is 10.3 Å². The van der Waals surface area contributed by atoms with Gasteiger partial charge >= 0.3 is 0 Å². The Kier molecular flexibility index (Phi) is 5.72. The average Bonchev–Trinajstić information content (AvgIpc) is 3.31. The van der Waals surface area contributed by atoms with Crippen molar-refractivity contribution in [3.63, 3.8) is 0 Å². The normalized spacial score (nSPS) is 26.2. The number of benzene rings is 1. The van der Waals surface area contributed by atoms with Crippen LogP contribution in [0.3, 0.4) is 0 Å². The average molecular weight is 466 g/mol. The lowest BCUT2D eigenvalue weighted by Crippen LogP contribution is -2.43. The molecule has 0 radical (unpaired) electrons. The number of aromatic nitrogens is 2. The highest BCUT2D eigenvalue weighted by Gasteiger charge is 2.39. The van der Waals surface area contributed by atoms with Crippen LogP contribution in [0.5, 0.6) is 5.75 Å². The zero-order chi connectivity index (χ0) is 22.4.